The van der Waals surface area contributed by atoms with Crippen LogP contribution in [0.25, 0.3) is 64.6 Å². The van der Waals surface area contributed by atoms with E-state index in [-0.39, 0.29) is 0 Å². The number of aryl methyl sites for hydroxylation is 4. The molecule has 88 heavy (non-hydrogen) atoms. The molecule has 0 atom stereocenters. The number of hydrogen-bond donors (Lipinski definition) is 0. The van der Waals surface area contributed by atoms with Gasteiger partial charge in [0.2, 0.25) is 0 Å². The van der Waals surface area contributed by atoms with Crippen LogP contribution in [0.5, 0.6) is 0 Å². The van der Waals surface area contributed by atoms with E-state index in [0.29, 0.717) is 0 Å². The molecule has 0 bridgehead atoms. The molecule has 0 aliphatic heterocycles. The lowest BCUT2D eigenvalue weighted by Gasteiger charge is -2.29. The zero-order chi connectivity index (χ0) is 59.2. The van der Waals surface area contributed by atoms with Crippen LogP contribution in [0.2, 0.25) is 0 Å². The molecule has 16 rings (SSSR count). The Kier molecular flexibility index (Phi) is 13.8. The molecule has 0 fully saturated rings. The molecular weight excluding hydrogens is 1060 g/mol. The summed E-state index contributed by atoms with van der Waals surface area (Å²) in [5.41, 5.74) is 18.8. The predicted molar refractivity (Wildman–Crippen MR) is 378 cm³/mol. The van der Waals surface area contributed by atoms with Gasteiger partial charge in [-0.3, -0.25) is 0 Å². The zero-order valence-electron chi connectivity index (χ0n) is 49.8. The highest BCUT2D eigenvalue weighted by atomic mass is 15.2. The van der Waals surface area contributed by atoms with Crippen LogP contribution in [0.1, 0.15) is 22.3 Å². The molecule has 420 valence electrons. The molecule has 0 unspecified atom stereocenters. The fraction of sp³-hybridized carbons (Fsp3) is 0.0476. The first kappa shape index (κ1) is 53.5. The SMILES string of the molecule is Cc1cccc(N(c2cccc(C)c2)c2ccc3ccc4c(N(c5cccc(C)c5)c5cccc(C)c5)ccc5ccc2c3c54)c1.c1ccc(N(c2ccccc2)c2ccc3ccc4c(N(c5ccccc5)c5ccccc5)ccc5ccc2c3c54)cc1. The molecule has 0 spiro atoms. The van der Waals surface area contributed by atoms with Crippen molar-refractivity contribution in [3.8, 4) is 0 Å². The second-order valence-electron chi connectivity index (χ2n) is 23.2. The summed E-state index contributed by atoms with van der Waals surface area (Å²) in [6.07, 6.45) is 0. The number of hydrogen-bond acceptors (Lipinski definition) is 4. The first-order chi connectivity index (χ1) is 43.3. The Balaban J connectivity index is 0.000000148. The summed E-state index contributed by atoms with van der Waals surface area (Å²) < 4.78 is 0. The van der Waals surface area contributed by atoms with Gasteiger partial charge in [-0.1, -0.05) is 194 Å². The van der Waals surface area contributed by atoms with Crippen LogP contribution < -0.4 is 19.6 Å². The van der Waals surface area contributed by atoms with E-state index in [4.69, 9.17) is 0 Å². The Morgan fingerprint density at radius 3 is 0.580 bits per heavy atom. The van der Waals surface area contributed by atoms with Gasteiger partial charge in [0.25, 0.3) is 0 Å². The van der Waals surface area contributed by atoms with Crippen LogP contribution in [0.15, 0.2) is 315 Å². The summed E-state index contributed by atoms with van der Waals surface area (Å²) in [7, 11) is 0. The molecule has 0 saturated carbocycles. The monoisotopic (exact) mass is 1130 g/mol. The molecule has 0 amide bonds. The largest absolute Gasteiger partial charge is 0.310 e. The topological polar surface area (TPSA) is 13.0 Å². The first-order valence-electron chi connectivity index (χ1n) is 30.4. The Morgan fingerprint density at radius 2 is 0.364 bits per heavy atom. The predicted octanol–water partition coefficient (Wildman–Crippen LogP) is 24.3. The molecule has 0 aromatic heterocycles. The van der Waals surface area contributed by atoms with Crippen LogP contribution in [-0.2, 0) is 0 Å². The average molecular weight is 1130 g/mol. The molecule has 0 radical (unpaired) electrons. The molecule has 0 N–H and O–H groups in total. The van der Waals surface area contributed by atoms with Crippen molar-refractivity contribution in [2.45, 2.75) is 27.7 Å². The van der Waals surface area contributed by atoms with Gasteiger partial charge in [-0.2, -0.15) is 0 Å². The van der Waals surface area contributed by atoms with E-state index in [9.17, 15) is 0 Å². The van der Waals surface area contributed by atoms with Gasteiger partial charge in [-0.15, -0.1) is 0 Å². The third-order valence-electron chi connectivity index (χ3n) is 17.3. The number of rotatable bonds is 12. The van der Waals surface area contributed by atoms with E-state index >= 15 is 0 Å². The average Bonchev–Trinajstić information content (AvgIpc) is 1.67. The highest BCUT2D eigenvalue weighted by Gasteiger charge is 2.24. The minimum absolute atomic E-state index is 1.14. The van der Waals surface area contributed by atoms with Crippen molar-refractivity contribution in [1.29, 1.82) is 0 Å². The normalized spacial score (nSPS) is 11.4. The maximum absolute atomic E-state index is 2.42. The van der Waals surface area contributed by atoms with Crippen molar-refractivity contribution in [2.75, 3.05) is 19.6 Å². The Labute approximate surface area is 514 Å². The van der Waals surface area contributed by atoms with Gasteiger partial charge < -0.3 is 19.6 Å². The first-order valence-corrected chi connectivity index (χ1v) is 30.4. The Morgan fingerprint density at radius 1 is 0.170 bits per heavy atom. The van der Waals surface area contributed by atoms with Gasteiger partial charge in [0.1, 0.15) is 0 Å². The number of para-hydroxylation sites is 4. The van der Waals surface area contributed by atoms with Crippen molar-refractivity contribution in [3.63, 3.8) is 0 Å². The molecule has 16 aromatic carbocycles. The van der Waals surface area contributed by atoms with Crippen molar-refractivity contribution < 1.29 is 0 Å². The number of nitrogens with zero attached hydrogens (tertiary/aromatic N) is 4. The standard InChI is InChI=1S/C44H36N2.C40H28N2/c1-29-9-5-13-35(25-29)45(36-14-6-10-30(2)26-36)41-23-19-33-18-22-40-42(24-20-34-17-21-39(41)43(33)44(34)40)46(37-15-7-11-31(3)27-37)38-16-8-12-32(4)28-38;1-5-13-31(14-6-1)41(32-15-7-2-8-16-32)37-27-23-29-22-26-36-38(28-24-30-21-25-35(37)39(29)40(30)36)42(33-17-9-3-10-18-33)34-19-11-4-12-20-34/h5-28H,1-4H3;1-28H. The second-order valence-corrected chi connectivity index (χ2v) is 23.2. The minimum atomic E-state index is 1.14. The van der Waals surface area contributed by atoms with E-state index < -0.39 is 0 Å². The van der Waals surface area contributed by atoms with Gasteiger partial charge in [0, 0.05) is 67.0 Å². The highest BCUT2D eigenvalue weighted by molar-refractivity contribution is 6.29. The summed E-state index contributed by atoms with van der Waals surface area (Å²) in [6.45, 7) is 8.66. The van der Waals surface area contributed by atoms with Crippen molar-refractivity contribution >= 4 is 133 Å². The summed E-state index contributed by atoms with van der Waals surface area (Å²) in [4.78, 5) is 9.57. The van der Waals surface area contributed by atoms with Crippen molar-refractivity contribution in [2.24, 2.45) is 0 Å². The summed E-state index contributed by atoms with van der Waals surface area (Å²) >= 11 is 0. The number of anilines is 12. The van der Waals surface area contributed by atoms with Gasteiger partial charge >= 0.3 is 0 Å². The quantitative estimate of drug-likeness (QED) is 0.113. The lowest BCUT2D eigenvalue weighted by Crippen LogP contribution is -2.12. The smallest absolute Gasteiger partial charge is 0.0540 e. The molecular formula is C84H64N4. The van der Waals surface area contributed by atoms with Gasteiger partial charge in [0.05, 0.1) is 22.7 Å². The summed E-state index contributed by atoms with van der Waals surface area (Å²) in [5, 5.41) is 15.1. The Hall–Kier alpha value is -11.2. The second kappa shape index (κ2) is 22.7. The van der Waals surface area contributed by atoms with E-state index in [2.05, 4.69) is 363 Å². The highest BCUT2D eigenvalue weighted by Crippen LogP contribution is 2.50. The van der Waals surface area contributed by atoms with Gasteiger partial charge in [0.15, 0.2) is 0 Å². The maximum Gasteiger partial charge on any atom is 0.0540 e. The molecule has 0 saturated heterocycles. The molecule has 0 aliphatic rings. The summed E-state index contributed by atoms with van der Waals surface area (Å²) in [6, 6.07) is 114. The molecule has 0 heterocycles. The van der Waals surface area contributed by atoms with E-state index in [1.165, 1.54) is 110 Å². The van der Waals surface area contributed by atoms with Crippen LogP contribution in [-0.4, -0.2) is 0 Å². The third-order valence-corrected chi connectivity index (χ3v) is 17.3. The lowest BCUT2D eigenvalue weighted by molar-refractivity contribution is 1.27. The third kappa shape index (κ3) is 9.71. The number of benzene rings is 16. The molecule has 0 aliphatic carbocycles. The fourth-order valence-electron chi connectivity index (χ4n) is 13.4. The van der Waals surface area contributed by atoms with Crippen LogP contribution >= 0.6 is 0 Å². The lowest BCUT2D eigenvalue weighted by atomic mass is 9.91. The molecule has 4 heteroatoms. The van der Waals surface area contributed by atoms with E-state index in [1.54, 1.807) is 0 Å². The van der Waals surface area contributed by atoms with E-state index in [1.807, 2.05) is 0 Å². The maximum atomic E-state index is 2.42. The fourth-order valence-corrected chi connectivity index (χ4v) is 13.4. The van der Waals surface area contributed by atoms with Gasteiger partial charge in [-0.25, -0.2) is 0 Å². The van der Waals surface area contributed by atoms with Crippen LogP contribution in [0.4, 0.5) is 68.2 Å². The molecule has 4 nitrogen and oxygen atoms in total. The van der Waals surface area contributed by atoms with Crippen molar-refractivity contribution in [1.82, 2.24) is 0 Å². The van der Waals surface area contributed by atoms with E-state index in [0.717, 1.165) is 45.5 Å². The van der Waals surface area contributed by atoms with Crippen LogP contribution in [0.3, 0.4) is 0 Å². The molecule has 16 aromatic rings. The van der Waals surface area contributed by atoms with Crippen molar-refractivity contribution in [3.05, 3.63) is 338 Å². The zero-order valence-corrected chi connectivity index (χ0v) is 49.8. The van der Waals surface area contributed by atoms with Crippen LogP contribution in [0, 0.1) is 27.7 Å². The van der Waals surface area contributed by atoms with Gasteiger partial charge in [-0.05, 0) is 214 Å². The minimum Gasteiger partial charge on any atom is -0.310 e. The summed E-state index contributed by atoms with van der Waals surface area (Å²) in [5.74, 6) is 0. The Bertz CT molecular complexity index is 4660.